The van der Waals surface area contributed by atoms with E-state index in [0.29, 0.717) is 16.8 Å². The SMILES string of the molecule is COC(=O)c1cccc(NC(=O)c2cccc(I)c2)c1. The third kappa shape index (κ3) is 3.57. The summed E-state index contributed by atoms with van der Waals surface area (Å²) in [6.07, 6.45) is 0. The molecule has 1 N–H and O–H groups in total. The van der Waals surface area contributed by atoms with Crippen molar-refractivity contribution in [2.24, 2.45) is 0 Å². The lowest BCUT2D eigenvalue weighted by molar-refractivity contribution is 0.0600. The number of carbonyl (C=O) groups is 2. The number of amides is 1. The van der Waals surface area contributed by atoms with E-state index in [-0.39, 0.29) is 5.91 Å². The molecule has 1 amide bonds. The minimum absolute atomic E-state index is 0.217. The number of ether oxygens (including phenoxy) is 1. The van der Waals surface area contributed by atoms with Crippen LogP contribution in [-0.4, -0.2) is 19.0 Å². The van der Waals surface area contributed by atoms with E-state index in [9.17, 15) is 9.59 Å². The van der Waals surface area contributed by atoms with Crippen LogP contribution in [-0.2, 0) is 4.74 Å². The molecule has 0 bridgehead atoms. The molecule has 2 aromatic rings. The summed E-state index contributed by atoms with van der Waals surface area (Å²) in [5, 5.41) is 2.75. The fraction of sp³-hybridized carbons (Fsp3) is 0.0667. The molecule has 0 aromatic heterocycles. The van der Waals surface area contributed by atoms with Crippen LogP contribution >= 0.6 is 22.6 Å². The summed E-state index contributed by atoms with van der Waals surface area (Å²) in [7, 11) is 1.32. The molecule has 0 atom stereocenters. The summed E-state index contributed by atoms with van der Waals surface area (Å²) in [6.45, 7) is 0. The van der Waals surface area contributed by atoms with Crippen LogP contribution in [0.25, 0.3) is 0 Å². The van der Waals surface area contributed by atoms with E-state index in [1.165, 1.54) is 7.11 Å². The van der Waals surface area contributed by atoms with Gasteiger partial charge in [-0.25, -0.2) is 4.79 Å². The van der Waals surface area contributed by atoms with Gasteiger partial charge in [-0.2, -0.15) is 0 Å². The number of hydrogen-bond acceptors (Lipinski definition) is 3. The summed E-state index contributed by atoms with van der Waals surface area (Å²) in [4.78, 5) is 23.5. The van der Waals surface area contributed by atoms with Crippen LogP contribution in [0.4, 0.5) is 5.69 Å². The molecule has 20 heavy (non-hydrogen) atoms. The minimum atomic E-state index is -0.435. The van der Waals surface area contributed by atoms with Gasteiger partial charge < -0.3 is 10.1 Å². The Morgan fingerprint density at radius 1 is 1.05 bits per heavy atom. The molecular formula is C15H12INO3. The molecular weight excluding hydrogens is 369 g/mol. The van der Waals surface area contributed by atoms with Crippen molar-refractivity contribution in [2.75, 3.05) is 12.4 Å². The van der Waals surface area contributed by atoms with Gasteiger partial charge in [0, 0.05) is 14.8 Å². The predicted octanol–water partition coefficient (Wildman–Crippen LogP) is 3.33. The lowest BCUT2D eigenvalue weighted by Crippen LogP contribution is -2.12. The standard InChI is InChI=1S/C15H12INO3/c1-20-15(19)11-5-3-7-13(9-11)17-14(18)10-4-2-6-12(16)8-10/h2-9H,1H3,(H,17,18). The molecule has 0 aliphatic carbocycles. The number of esters is 1. The molecule has 0 fully saturated rings. The average Bonchev–Trinajstić information content (AvgIpc) is 2.46. The van der Waals surface area contributed by atoms with Gasteiger partial charge in [-0.05, 0) is 59.0 Å². The van der Waals surface area contributed by atoms with Crippen molar-refractivity contribution in [3.63, 3.8) is 0 Å². The smallest absolute Gasteiger partial charge is 0.337 e. The lowest BCUT2D eigenvalue weighted by atomic mass is 10.2. The summed E-state index contributed by atoms with van der Waals surface area (Å²) in [5.74, 6) is -0.652. The summed E-state index contributed by atoms with van der Waals surface area (Å²) in [6, 6.07) is 13.9. The van der Waals surface area contributed by atoms with Gasteiger partial charge in [-0.1, -0.05) is 12.1 Å². The fourth-order valence-electron chi connectivity index (χ4n) is 1.67. The number of hydrogen-bond donors (Lipinski definition) is 1. The molecule has 0 saturated carbocycles. The Labute approximate surface area is 130 Å². The van der Waals surface area contributed by atoms with Gasteiger partial charge in [0.25, 0.3) is 5.91 Å². The number of carbonyl (C=O) groups excluding carboxylic acids is 2. The molecule has 102 valence electrons. The Hall–Kier alpha value is -1.89. The van der Waals surface area contributed by atoms with E-state index >= 15 is 0 Å². The summed E-state index contributed by atoms with van der Waals surface area (Å²) in [5.41, 5.74) is 1.52. The zero-order valence-electron chi connectivity index (χ0n) is 10.7. The lowest BCUT2D eigenvalue weighted by Gasteiger charge is -2.07. The van der Waals surface area contributed by atoms with Gasteiger partial charge >= 0.3 is 5.97 Å². The summed E-state index contributed by atoms with van der Waals surface area (Å²) >= 11 is 2.15. The van der Waals surface area contributed by atoms with Crippen LogP contribution < -0.4 is 5.32 Å². The van der Waals surface area contributed by atoms with Crippen LogP contribution in [0.15, 0.2) is 48.5 Å². The summed E-state index contributed by atoms with van der Waals surface area (Å²) < 4.78 is 5.63. The molecule has 0 aliphatic heterocycles. The van der Waals surface area contributed by atoms with E-state index in [1.54, 1.807) is 36.4 Å². The Morgan fingerprint density at radius 2 is 1.75 bits per heavy atom. The zero-order chi connectivity index (χ0) is 14.5. The van der Waals surface area contributed by atoms with Gasteiger partial charge in [0.15, 0.2) is 0 Å². The van der Waals surface area contributed by atoms with Crippen molar-refractivity contribution in [1.29, 1.82) is 0 Å². The molecule has 0 heterocycles. The first kappa shape index (κ1) is 14.5. The van der Waals surface area contributed by atoms with Crippen molar-refractivity contribution in [1.82, 2.24) is 0 Å². The second-order valence-corrected chi connectivity index (χ2v) is 5.28. The van der Waals surface area contributed by atoms with E-state index in [4.69, 9.17) is 0 Å². The van der Waals surface area contributed by atoms with Crippen molar-refractivity contribution in [3.8, 4) is 0 Å². The highest BCUT2D eigenvalue weighted by molar-refractivity contribution is 14.1. The molecule has 4 nitrogen and oxygen atoms in total. The quantitative estimate of drug-likeness (QED) is 0.656. The van der Waals surface area contributed by atoms with Crippen LogP contribution in [0.3, 0.4) is 0 Å². The normalized spacial score (nSPS) is 9.90. The average molecular weight is 381 g/mol. The van der Waals surface area contributed by atoms with Crippen molar-refractivity contribution in [2.45, 2.75) is 0 Å². The molecule has 0 saturated heterocycles. The second kappa shape index (κ2) is 6.51. The molecule has 0 unspecified atom stereocenters. The Bertz CT molecular complexity index is 655. The zero-order valence-corrected chi connectivity index (χ0v) is 12.9. The topological polar surface area (TPSA) is 55.4 Å². The first-order valence-corrected chi connectivity index (χ1v) is 6.93. The molecule has 5 heteroatoms. The van der Waals surface area contributed by atoms with E-state index in [2.05, 4.69) is 32.6 Å². The Morgan fingerprint density at radius 3 is 2.45 bits per heavy atom. The number of nitrogens with one attached hydrogen (secondary N) is 1. The monoisotopic (exact) mass is 381 g/mol. The molecule has 0 radical (unpaired) electrons. The number of halogens is 1. The maximum absolute atomic E-state index is 12.1. The van der Waals surface area contributed by atoms with Gasteiger partial charge in [-0.15, -0.1) is 0 Å². The number of benzene rings is 2. The second-order valence-electron chi connectivity index (χ2n) is 4.04. The van der Waals surface area contributed by atoms with Crippen LogP contribution in [0.2, 0.25) is 0 Å². The van der Waals surface area contributed by atoms with Crippen LogP contribution in [0, 0.1) is 3.57 Å². The van der Waals surface area contributed by atoms with Crippen LogP contribution in [0.1, 0.15) is 20.7 Å². The predicted molar refractivity (Wildman–Crippen MR) is 84.9 cm³/mol. The maximum Gasteiger partial charge on any atom is 0.337 e. The number of anilines is 1. The van der Waals surface area contributed by atoms with Gasteiger partial charge in [0.2, 0.25) is 0 Å². The highest BCUT2D eigenvalue weighted by Gasteiger charge is 2.09. The maximum atomic E-state index is 12.1. The Kier molecular flexibility index (Phi) is 4.73. The van der Waals surface area contributed by atoms with Gasteiger partial charge in [-0.3, -0.25) is 4.79 Å². The highest BCUT2D eigenvalue weighted by Crippen LogP contribution is 2.14. The van der Waals surface area contributed by atoms with Crippen molar-refractivity contribution < 1.29 is 14.3 Å². The fourth-order valence-corrected chi connectivity index (χ4v) is 2.22. The minimum Gasteiger partial charge on any atom is -0.465 e. The van der Waals surface area contributed by atoms with Crippen molar-refractivity contribution >= 4 is 40.2 Å². The largest absolute Gasteiger partial charge is 0.465 e. The third-order valence-corrected chi connectivity index (χ3v) is 3.30. The molecule has 2 rings (SSSR count). The van der Waals surface area contributed by atoms with Crippen molar-refractivity contribution in [3.05, 3.63) is 63.2 Å². The first-order chi connectivity index (χ1) is 9.60. The Balaban J connectivity index is 2.18. The van der Waals surface area contributed by atoms with E-state index < -0.39 is 5.97 Å². The van der Waals surface area contributed by atoms with Gasteiger partial charge in [0.05, 0.1) is 12.7 Å². The highest BCUT2D eigenvalue weighted by atomic mass is 127. The molecule has 0 spiro atoms. The number of rotatable bonds is 3. The molecule has 2 aromatic carbocycles. The molecule has 0 aliphatic rings. The van der Waals surface area contributed by atoms with E-state index in [1.807, 2.05) is 12.1 Å². The first-order valence-electron chi connectivity index (χ1n) is 5.85. The van der Waals surface area contributed by atoms with E-state index in [0.717, 1.165) is 3.57 Å². The third-order valence-electron chi connectivity index (χ3n) is 2.63. The number of methoxy groups -OCH3 is 1. The van der Waals surface area contributed by atoms with Gasteiger partial charge in [0.1, 0.15) is 0 Å². The van der Waals surface area contributed by atoms with Crippen LogP contribution in [0.5, 0.6) is 0 Å².